The number of aryl methyl sites for hydroxylation is 1. The molecule has 0 radical (unpaired) electrons. The quantitative estimate of drug-likeness (QED) is 0.831. The molecule has 4 heteroatoms. The molecule has 0 unspecified atom stereocenters. The number of nitriles is 1. The van der Waals surface area contributed by atoms with Gasteiger partial charge in [0, 0.05) is 18.1 Å². The van der Waals surface area contributed by atoms with Gasteiger partial charge in [-0.25, -0.2) is 4.98 Å². The Hall–Kier alpha value is -1.08. The lowest BCUT2D eigenvalue weighted by atomic mass is 10.3. The van der Waals surface area contributed by atoms with Crippen LogP contribution in [0.1, 0.15) is 12.1 Å². The van der Waals surface area contributed by atoms with E-state index in [2.05, 4.69) is 27.0 Å². The smallest absolute Gasteiger partial charge is 0.128 e. The Kier molecular flexibility index (Phi) is 3.90. The van der Waals surface area contributed by atoms with E-state index >= 15 is 0 Å². The Balaban J connectivity index is 2.76. The van der Waals surface area contributed by atoms with Crippen LogP contribution in [0.2, 0.25) is 0 Å². The van der Waals surface area contributed by atoms with E-state index in [1.807, 2.05) is 31.0 Å². The maximum Gasteiger partial charge on any atom is 0.128 e. The average molecular weight is 254 g/mol. The molecule has 1 rings (SSSR count). The summed E-state index contributed by atoms with van der Waals surface area (Å²) in [6.45, 7) is 2.66. The molecule has 1 aromatic heterocycles. The lowest BCUT2D eigenvalue weighted by Gasteiger charge is -2.16. The first-order valence-corrected chi connectivity index (χ1v) is 5.15. The summed E-state index contributed by atoms with van der Waals surface area (Å²) in [6.07, 6.45) is 0.521. The minimum atomic E-state index is 0.521. The maximum atomic E-state index is 8.46. The number of rotatable bonds is 3. The summed E-state index contributed by atoms with van der Waals surface area (Å²) in [6, 6.07) is 6.03. The molecule has 0 bridgehead atoms. The van der Waals surface area contributed by atoms with E-state index in [-0.39, 0.29) is 0 Å². The molecule has 0 aliphatic rings. The Morgan fingerprint density at radius 1 is 1.57 bits per heavy atom. The van der Waals surface area contributed by atoms with Gasteiger partial charge in [-0.05, 0) is 35.0 Å². The molecule has 1 heterocycles. The zero-order valence-corrected chi connectivity index (χ0v) is 9.87. The highest BCUT2D eigenvalue weighted by atomic mass is 79.9. The first kappa shape index (κ1) is 11.0. The number of halogens is 1. The molecule has 0 aromatic carbocycles. The first-order valence-electron chi connectivity index (χ1n) is 4.36. The SMILES string of the molecule is Cc1nc(N(C)CCC#N)ccc1Br. The molecule has 1 aromatic rings. The minimum absolute atomic E-state index is 0.521. The second-order valence-electron chi connectivity index (χ2n) is 3.07. The highest BCUT2D eigenvalue weighted by Gasteiger charge is 2.03. The Labute approximate surface area is 92.5 Å². The molecule has 0 saturated heterocycles. The van der Waals surface area contributed by atoms with Gasteiger partial charge in [-0.1, -0.05) is 0 Å². The summed E-state index contributed by atoms with van der Waals surface area (Å²) in [5, 5.41) is 8.46. The summed E-state index contributed by atoms with van der Waals surface area (Å²) in [5.74, 6) is 0.904. The molecular formula is C10H12BrN3. The monoisotopic (exact) mass is 253 g/mol. The van der Waals surface area contributed by atoms with Crippen LogP contribution in [0.3, 0.4) is 0 Å². The molecule has 14 heavy (non-hydrogen) atoms. The van der Waals surface area contributed by atoms with E-state index in [9.17, 15) is 0 Å². The van der Waals surface area contributed by atoms with E-state index < -0.39 is 0 Å². The zero-order chi connectivity index (χ0) is 10.6. The number of anilines is 1. The number of hydrogen-bond acceptors (Lipinski definition) is 3. The summed E-state index contributed by atoms with van der Waals surface area (Å²) in [7, 11) is 1.94. The molecule has 0 fully saturated rings. The van der Waals surface area contributed by atoms with Crippen molar-refractivity contribution in [2.75, 3.05) is 18.5 Å². The van der Waals surface area contributed by atoms with Crippen molar-refractivity contribution >= 4 is 21.7 Å². The van der Waals surface area contributed by atoms with Gasteiger partial charge in [-0.2, -0.15) is 5.26 Å². The molecule has 0 saturated carbocycles. The van der Waals surface area contributed by atoms with Gasteiger partial charge in [-0.15, -0.1) is 0 Å². The number of nitrogens with zero attached hydrogens (tertiary/aromatic N) is 3. The molecule has 0 aliphatic heterocycles. The van der Waals surface area contributed by atoms with Crippen molar-refractivity contribution in [3.05, 3.63) is 22.3 Å². The van der Waals surface area contributed by atoms with Crippen LogP contribution in [0.25, 0.3) is 0 Å². The van der Waals surface area contributed by atoms with Gasteiger partial charge >= 0.3 is 0 Å². The predicted octanol–water partition coefficient (Wildman–Crippen LogP) is 2.50. The van der Waals surface area contributed by atoms with E-state index in [0.717, 1.165) is 16.0 Å². The van der Waals surface area contributed by atoms with Crippen LogP contribution < -0.4 is 4.90 Å². The highest BCUT2D eigenvalue weighted by Crippen LogP contribution is 2.18. The van der Waals surface area contributed by atoms with Crippen LogP contribution in [0, 0.1) is 18.3 Å². The van der Waals surface area contributed by atoms with Crippen molar-refractivity contribution in [2.45, 2.75) is 13.3 Å². The van der Waals surface area contributed by atoms with E-state index in [1.54, 1.807) is 0 Å². The minimum Gasteiger partial charge on any atom is -0.359 e. The predicted molar refractivity (Wildman–Crippen MR) is 60.2 cm³/mol. The molecule has 74 valence electrons. The average Bonchev–Trinajstić information content (AvgIpc) is 2.18. The lowest BCUT2D eigenvalue weighted by molar-refractivity contribution is 0.879. The standard InChI is InChI=1S/C10H12BrN3/c1-8-9(11)4-5-10(13-8)14(2)7-3-6-12/h4-5H,3,7H2,1-2H3. The fourth-order valence-corrected chi connectivity index (χ4v) is 1.30. The third-order valence-electron chi connectivity index (χ3n) is 1.96. The molecule has 0 aliphatic carbocycles. The van der Waals surface area contributed by atoms with Crippen molar-refractivity contribution in [3.63, 3.8) is 0 Å². The highest BCUT2D eigenvalue weighted by molar-refractivity contribution is 9.10. The summed E-state index contributed by atoms with van der Waals surface area (Å²) < 4.78 is 1.01. The molecule has 0 atom stereocenters. The van der Waals surface area contributed by atoms with Gasteiger partial charge in [0.1, 0.15) is 5.82 Å². The Morgan fingerprint density at radius 3 is 2.86 bits per heavy atom. The normalized spacial score (nSPS) is 9.57. The number of aromatic nitrogens is 1. The van der Waals surface area contributed by atoms with Crippen LogP contribution in [0.5, 0.6) is 0 Å². The lowest BCUT2D eigenvalue weighted by Crippen LogP contribution is -2.19. The third kappa shape index (κ3) is 2.71. The molecule has 0 N–H and O–H groups in total. The van der Waals surface area contributed by atoms with E-state index in [1.165, 1.54) is 0 Å². The van der Waals surface area contributed by atoms with Crippen LogP contribution in [0.15, 0.2) is 16.6 Å². The van der Waals surface area contributed by atoms with Crippen LogP contribution in [-0.2, 0) is 0 Å². The van der Waals surface area contributed by atoms with Crippen molar-refractivity contribution in [1.29, 1.82) is 5.26 Å². The largest absolute Gasteiger partial charge is 0.359 e. The molecular weight excluding hydrogens is 242 g/mol. The molecule has 0 spiro atoms. The van der Waals surface area contributed by atoms with Gasteiger partial charge in [0.05, 0.1) is 18.2 Å². The van der Waals surface area contributed by atoms with Crippen molar-refractivity contribution in [1.82, 2.24) is 4.98 Å². The fourth-order valence-electron chi connectivity index (χ4n) is 1.08. The van der Waals surface area contributed by atoms with Gasteiger partial charge < -0.3 is 4.90 Å². The van der Waals surface area contributed by atoms with E-state index in [4.69, 9.17) is 5.26 Å². The second kappa shape index (κ2) is 4.97. The first-order chi connectivity index (χ1) is 6.65. The summed E-state index contributed by atoms with van der Waals surface area (Å²) in [5.41, 5.74) is 0.964. The van der Waals surface area contributed by atoms with Crippen molar-refractivity contribution < 1.29 is 0 Å². The number of hydrogen-bond donors (Lipinski definition) is 0. The third-order valence-corrected chi connectivity index (χ3v) is 2.79. The van der Waals surface area contributed by atoms with Gasteiger partial charge in [0.25, 0.3) is 0 Å². The topological polar surface area (TPSA) is 39.9 Å². The number of pyridine rings is 1. The van der Waals surface area contributed by atoms with Gasteiger partial charge in [0.2, 0.25) is 0 Å². The Morgan fingerprint density at radius 2 is 2.29 bits per heavy atom. The fraction of sp³-hybridized carbons (Fsp3) is 0.400. The van der Waals surface area contributed by atoms with Crippen LogP contribution in [-0.4, -0.2) is 18.6 Å². The molecule has 0 amide bonds. The molecule has 3 nitrogen and oxygen atoms in total. The summed E-state index contributed by atoms with van der Waals surface area (Å²) in [4.78, 5) is 6.37. The second-order valence-corrected chi connectivity index (χ2v) is 3.92. The van der Waals surface area contributed by atoms with Crippen LogP contribution in [0.4, 0.5) is 5.82 Å². The van der Waals surface area contributed by atoms with Crippen molar-refractivity contribution in [3.8, 4) is 6.07 Å². The van der Waals surface area contributed by atoms with E-state index in [0.29, 0.717) is 13.0 Å². The van der Waals surface area contributed by atoms with Gasteiger partial charge in [-0.3, -0.25) is 0 Å². The van der Waals surface area contributed by atoms with Gasteiger partial charge in [0.15, 0.2) is 0 Å². The maximum absolute atomic E-state index is 8.46. The Bertz CT molecular complexity index is 357. The zero-order valence-electron chi connectivity index (χ0n) is 8.29. The van der Waals surface area contributed by atoms with Crippen LogP contribution >= 0.6 is 15.9 Å². The summed E-state index contributed by atoms with van der Waals surface area (Å²) >= 11 is 3.40. The van der Waals surface area contributed by atoms with Crippen molar-refractivity contribution in [2.24, 2.45) is 0 Å².